The summed E-state index contributed by atoms with van der Waals surface area (Å²) >= 11 is 0. The van der Waals surface area contributed by atoms with Crippen molar-refractivity contribution in [2.45, 2.75) is 65.0 Å². The van der Waals surface area contributed by atoms with E-state index in [2.05, 4.69) is 36.5 Å². The Morgan fingerprint density at radius 3 is 2.57 bits per heavy atom. The lowest BCUT2D eigenvalue weighted by molar-refractivity contribution is -0.151. The SMILES string of the molecule is CCC(CCCc1ccccc1)CC(C)OC(=O)C(C)NC=O. The minimum Gasteiger partial charge on any atom is -0.461 e. The van der Waals surface area contributed by atoms with Crippen molar-refractivity contribution < 1.29 is 14.3 Å². The van der Waals surface area contributed by atoms with Crippen LogP contribution >= 0.6 is 0 Å². The molecule has 0 radical (unpaired) electrons. The maximum absolute atomic E-state index is 11.8. The third-order valence-corrected chi connectivity index (χ3v) is 4.15. The van der Waals surface area contributed by atoms with Gasteiger partial charge in [-0.1, -0.05) is 50.1 Å². The summed E-state index contributed by atoms with van der Waals surface area (Å²) in [7, 11) is 0. The Morgan fingerprint density at radius 2 is 1.96 bits per heavy atom. The molecule has 128 valence electrons. The van der Waals surface area contributed by atoms with Gasteiger partial charge in [-0.15, -0.1) is 0 Å². The van der Waals surface area contributed by atoms with Gasteiger partial charge in [0.1, 0.15) is 6.04 Å². The van der Waals surface area contributed by atoms with Crippen molar-refractivity contribution in [3.63, 3.8) is 0 Å². The molecule has 0 fully saturated rings. The van der Waals surface area contributed by atoms with Crippen molar-refractivity contribution in [1.82, 2.24) is 5.32 Å². The maximum atomic E-state index is 11.8. The van der Waals surface area contributed by atoms with Gasteiger partial charge >= 0.3 is 5.97 Å². The summed E-state index contributed by atoms with van der Waals surface area (Å²) in [4.78, 5) is 22.1. The normalized spacial score (nSPS) is 14.6. The van der Waals surface area contributed by atoms with E-state index in [0.29, 0.717) is 12.3 Å². The van der Waals surface area contributed by atoms with Crippen molar-refractivity contribution in [2.24, 2.45) is 5.92 Å². The topological polar surface area (TPSA) is 55.4 Å². The molecular formula is C19H29NO3. The van der Waals surface area contributed by atoms with E-state index >= 15 is 0 Å². The van der Waals surface area contributed by atoms with Crippen LogP contribution < -0.4 is 5.32 Å². The second-order valence-electron chi connectivity index (χ2n) is 6.14. The van der Waals surface area contributed by atoms with Gasteiger partial charge in [0.05, 0.1) is 6.10 Å². The molecule has 3 atom stereocenters. The summed E-state index contributed by atoms with van der Waals surface area (Å²) in [6.45, 7) is 5.73. The molecule has 0 heterocycles. The molecule has 3 unspecified atom stereocenters. The lowest BCUT2D eigenvalue weighted by Crippen LogP contribution is -2.36. The van der Waals surface area contributed by atoms with Crippen LogP contribution in [0.1, 0.15) is 52.0 Å². The van der Waals surface area contributed by atoms with Crippen molar-refractivity contribution in [3.05, 3.63) is 35.9 Å². The van der Waals surface area contributed by atoms with Gasteiger partial charge < -0.3 is 10.1 Å². The monoisotopic (exact) mass is 319 g/mol. The van der Waals surface area contributed by atoms with E-state index in [0.717, 1.165) is 32.1 Å². The molecule has 0 saturated heterocycles. The number of carbonyl (C=O) groups is 2. The number of amides is 1. The Kier molecular flexibility index (Phi) is 9.03. The maximum Gasteiger partial charge on any atom is 0.328 e. The number of hydrogen-bond acceptors (Lipinski definition) is 3. The third kappa shape index (κ3) is 7.82. The van der Waals surface area contributed by atoms with E-state index in [9.17, 15) is 9.59 Å². The Bertz CT molecular complexity index is 461. The molecule has 0 bridgehead atoms. The fourth-order valence-corrected chi connectivity index (χ4v) is 2.72. The summed E-state index contributed by atoms with van der Waals surface area (Å²) in [5.74, 6) is 0.180. The Labute approximate surface area is 139 Å². The molecule has 4 nitrogen and oxygen atoms in total. The summed E-state index contributed by atoms with van der Waals surface area (Å²) in [6, 6.07) is 9.91. The zero-order valence-electron chi connectivity index (χ0n) is 14.5. The molecule has 1 rings (SSSR count). The zero-order valence-corrected chi connectivity index (χ0v) is 14.5. The highest BCUT2D eigenvalue weighted by Crippen LogP contribution is 2.20. The number of hydrogen-bond donors (Lipinski definition) is 1. The summed E-state index contributed by atoms with van der Waals surface area (Å²) in [6.07, 6.45) is 5.71. The van der Waals surface area contributed by atoms with Crippen LogP contribution in [0, 0.1) is 5.92 Å². The van der Waals surface area contributed by atoms with Gasteiger partial charge in [-0.2, -0.15) is 0 Å². The molecule has 1 aromatic rings. The molecule has 4 heteroatoms. The Hall–Kier alpha value is -1.84. The van der Waals surface area contributed by atoms with Gasteiger partial charge in [-0.25, -0.2) is 4.79 Å². The highest BCUT2D eigenvalue weighted by atomic mass is 16.5. The minimum absolute atomic E-state index is 0.125. The van der Waals surface area contributed by atoms with E-state index < -0.39 is 6.04 Å². The lowest BCUT2D eigenvalue weighted by Gasteiger charge is -2.21. The van der Waals surface area contributed by atoms with Crippen LogP contribution in [-0.4, -0.2) is 24.5 Å². The number of nitrogens with one attached hydrogen (secondary N) is 1. The Balaban J connectivity index is 2.31. The van der Waals surface area contributed by atoms with Crippen molar-refractivity contribution >= 4 is 12.4 Å². The van der Waals surface area contributed by atoms with Crippen LogP contribution in [-0.2, 0) is 20.7 Å². The molecule has 0 aliphatic heterocycles. The predicted octanol–water partition coefficient (Wildman–Crippen LogP) is 3.49. The van der Waals surface area contributed by atoms with E-state index in [1.807, 2.05) is 13.0 Å². The first-order valence-electron chi connectivity index (χ1n) is 8.50. The molecule has 1 N–H and O–H groups in total. The van der Waals surface area contributed by atoms with Gasteiger partial charge in [-0.3, -0.25) is 4.79 Å². The van der Waals surface area contributed by atoms with Crippen LogP contribution in [0.4, 0.5) is 0 Å². The van der Waals surface area contributed by atoms with Gasteiger partial charge in [0, 0.05) is 0 Å². The molecule has 1 amide bonds. The molecule has 0 aromatic heterocycles. The van der Waals surface area contributed by atoms with Crippen LogP contribution in [0.25, 0.3) is 0 Å². The minimum atomic E-state index is -0.590. The number of aryl methyl sites for hydroxylation is 1. The second-order valence-corrected chi connectivity index (χ2v) is 6.14. The summed E-state index contributed by atoms with van der Waals surface area (Å²) in [5, 5.41) is 2.42. The van der Waals surface area contributed by atoms with Gasteiger partial charge in [-0.05, 0) is 44.6 Å². The zero-order chi connectivity index (χ0) is 17.1. The van der Waals surface area contributed by atoms with Crippen molar-refractivity contribution in [3.8, 4) is 0 Å². The number of benzene rings is 1. The van der Waals surface area contributed by atoms with E-state index in [4.69, 9.17) is 4.74 Å². The number of rotatable bonds is 11. The Morgan fingerprint density at radius 1 is 1.26 bits per heavy atom. The van der Waals surface area contributed by atoms with Crippen LogP contribution in [0.15, 0.2) is 30.3 Å². The number of esters is 1. The third-order valence-electron chi connectivity index (χ3n) is 4.15. The van der Waals surface area contributed by atoms with E-state index in [1.165, 1.54) is 5.56 Å². The standard InChI is InChI=1S/C19H29NO3/c1-4-17(11-8-12-18-9-6-5-7-10-18)13-15(2)23-19(22)16(3)20-14-21/h5-7,9-10,14-17H,4,8,11-13H2,1-3H3,(H,20,21). The molecule has 0 aliphatic rings. The quantitative estimate of drug-likeness (QED) is 0.502. The lowest BCUT2D eigenvalue weighted by atomic mass is 9.92. The molecular weight excluding hydrogens is 290 g/mol. The molecule has 0 aliphatic carbocycles. The first kappa shape index (κ1) is 19.2. The molecule has 0 saturated carbocycles. The second kappa shape index (κ2) is 10.8. The fraction of sp³-hybridized carbons (Fsp3) is 0.579. The van der Waals surface area contributed by atoms with Crippen LogP contribution in [0.3, 0.4) is 0 Å². The number of carbonyl (C=O) groups excluding carboxylic acids is 2. The van der Waals surface area contributed by atoms with Gasteiger partial charge in [0.25, 0.3) is 0 Å². The first-order chi connectivity index (χ1) is 11.1. The largest absolute Gasteiger partial charge is 0.461 e. The summed E-state index contributed by atoms with van der Waals surface area (Å²) in [5.41, 5.74) is 1.37. The van der Waals surface area contributed by atoms with Crippen LogP contribution in [0.2, 0.25) is 0 Å². The van der Waals surface area contributed by atoms with Crippen LogP contribution in [0.5, 0.6) is 0 Å². The highest BCUT2D eigenvalue weighted by Gasteiger charge is 2.19. The molecule has 0 spiro atoms. The molecule has 1 aromatic carbocycles. The average molecular weight is 319 g/mol. The first-order valence-corrected chi connectivity index (χ1v) is 8.50. The summed E-state index contributed by atoms with van der Waals surface area (Å²) < 4.78 is 5.40. The van der Waals surface area contributed by atoms with Gasteiger partial charge in [0.15, 0.2) is 0 Å². The average Bonchev–Trinajstić information content (AvgIpc) is 2.55. The van der Waals surface area contributed by atoms with Crippen molar-refractivity contribution in [2.75, 3.05) is 0 Å². The molecule has 23 heavy (non-hydrogen) atoms. The highest BCUT2D eigenvalue weighted by molar-refractivity contribution is 5.77. The van der Waals surface area contributed by atoms with Gasteiger partial charge in [0.2, 0.25) is 6.41 Å². The van der Waals surface area contributed by atoms with E-state index in [-0.39, 0.29) is 12.1 Å². The van der Waals surface area contributed by atoms with E-state index in [1.54, 1.807) is 6.92 Å². The fourth-order valence-electron chi connectivity index (χ4n) is 2.72. The number of ether oxygens (including phenoxy) is 1. The smallest absolute Gasteiger partial charge is 0.328 e. The predicted molar refractivity (Wildman–Crippen MR) is 92.0 cm³/mol. The van der Waals surface area contributed by atoms with Crippen molar-refractivity contribution in [1.29, 1.82) is 0 Å².